The summed E-state index contributed by atoms with van der Waals surface area (Å²) in [6.07, 6.45) is 4.72. The van der Waals surface area contributed by atoms with Crippen LogP contribution in [0.3, 0.4) is 0 Å². The lowest BCUT2D eigenvalue weighted by Crippen LogP contribution is -2.31. The third-order valence-electron chi connectivity index (χ3n) is 5.87. The van der Waals surface area contributed by atoms with Gasteiger partial charge in [-0.3, -0.25) is 0 Å². The molecule has 7 heteroatoms. The van der Waals surface area contributed by atoms with Crippen LogP contribution in [0.25, 0.3) is 0 Å². The van der Waals surface area contributed by atoms with Gasteiger partial charge < -0.3 is 24.1 Å². The largest absolute Gasteiger partial charge is 0.487 e. The molecular weight excluding hydrogens is 382 g/mol. The SMILES string of the molecule is OC1C[C@H]2[C@H](CC(OC3CCCCO3)[C@@H]2/C=C/C(F)(F)COc2ccccc2)O1. The molecule has 0 spiro atoms. The minimum absolute atomic E-state index is 0.0410. The van der Waals surface area contributed by atoms with Gasteiger partial charge >= 0.3 is 0 Å². The number of fused-ring (bicyclic) bond motifs is 1. The average molecular weight is 410 g/mol. The van der Waals surface area contributed by atoms with E-state index in [-0.39, 0.29) is 30.3 Å². The fourth-order valence-corrected chi connectivity index (χ4v) is 4.46. The van der Waals surface area contributed by atoms with Crippen molar-refractivity contribution in [2.45, 2.75) is 62.8 Å². The zero-order chi connectivity index (χ0) is 20.3. The third-order valence-corrected chi connectivity index (χ3v) is 5.87. The molecule has 29 heavy (non-hydrogen) atoms. The molecule has 1 N–H and O–H groups in total. The Kier molecular flexibility index (Phi) is 6.49. The molecule has 3 aliphatic rings. The van der Waals surface area contributed by atoms with Crippen molar-refractivity contribution in [3.63, 3.8) is 0 Å². The lowest BCUT2D eigenvalue weighted by molar-refractivity contribution is -0.196. The summed E-state index contributed by atoms with van der Waals surface area (Å²) in [6.45, 7) is -0.0699. The zero-order valence-electron chi connectivity index (χ0n) is 16.3. The molecule has 0 amide bonds. The molecule has 1 aliphatic carbocycles. The maximum Gasteiger partial charge on any atom is 0.299 e. The van der Waals surface area contributed by atoms with Gasteiger partial charge in [0.05, 0.1) is 12.2 Å². The Morgan fingerprint density at radius 1 is 1.17 bits per heavy atom. The fourth-order valence-electron chi connectivity index (χ4n) is 4.46. The molecule has 0 radical (unpaired) electrons. The first-order chi connectivity index (χ1) is 14.0. The van der Waals surface area contributed by atoms with Crippen LogP contribution in [0.1, 0.15) is 32.1 Å². The van der Waals surface area contributed by atoms with Crippen LogP contribution in [0.2, 0.25) is 0 Å². The molecule has 6 atom stereocenters. The molecular formula is C22H28F2O5. The van der Waals surface area contributed by atoms with Crippen LogP contribution in [0.15, 0.2) is 42.5 Å². The van der Waals surface area contributed by atoms with Crippen LogP contribution < -0.4 is 4.74 Å². The number of halogens is 2. The van der Waals surface area contributed by atoms with Gasteiger partial charge in [0.25, 0.3) is 5.92 Å². The zero-order valence-corrected chi connectivity index (χ0v) is 16.3. The average Bonchev–Trinajstić information content (AvgIpc) is 3.22. The fraction of sp³-hybridized carbons (Fsp3) is 0.636. The Balaban J connectivity index is 1.40. The summed E-state index contributed by atoms with van der Waals surface area (Å²) in [7, 11) is 0. The lowest BCUT2D eigenvalue weighted by Gasteiger charge is -2.29. The van der Waals surface area contributed by atoms with Gasteiger partial charge in [0, 0.05) is 25.4 Å². The maximum absolute atomic E-state index is 14.4. The van der Waals surface area contributed by atoms with Gasteiger partial charge in [-0.15, -0.1) is 0 Å². The highest BCUT2D eigenvalue weighted by Crippen LogP contribution is 2.45. The lowest BCUT2D eigenvalue weighted by atomic mass is 9.91. The van der Waals surface area contributed by atoms with E-state index in [2.05, 4.69) is 0 Å². The van der Waals surface area contributed by atoms with Gasteiger partial charge in [-0.1, -0.05) is 24.3 Å². The molecule has 160 valence electrons. The van der Waals surface area contributed by atoms with E-state index in [9.17, 15) is 13.9 Å². The molecule has 1 saturated carbocycles. The van der Waals surface area contributed by atoms with E-state index >= 15 is 0 Å². The molecule has 3 fully saturated rings. The minimum Gasteiger partial charge on any atom is -0.487 e. The summed E-state index contributed by atoms with van der Waals surface area (Å²) in [5.74, 6) is -3.01. The van der Waals surface area contributed by atoms with Gasteiger partial charge in [0.2, 0.25) is 0 Å². The molecule has 2 heterocycles. The summed E-state index contributed by atoms with van der Waals surface area (Å²) in [5, 5.41) is 9.82. The summed E-state index contributed by atoms with van der Waals surface area (Å²) in [6, 6.07) is 8.57. The van der Waals surface area contributed by atoms with E-state index in [1.54, 1.807) is 30.3 Å². The standard InChI is InChI=1S/C22H28F2O5/c23-22(24,14-27-15-6-2-1-3-7-15)10-9-16-17-12-20(25)28-19(17)13-18(16)29-21-8-4-5-11-26-21/h1-3,6-7,9-10,16-21,25H,4-5,8,11-14H2/b10-9+/t16-,17-,18?,19+,20?,21?/m1/s1. The summed E-state index contributed by atoms with van der Waals surface area (Å²) >= 11 is 0. The van der Waals surface area contributed by atoms with Crippen LogP contribution in [-0.2, 0) is 14.2 Å². The Bertz CT molecular complexity index is 677. The highest BCUT2D eigenvalue weighted by atomic mass is 19.3. The second-order valence-electron chi connectivity index (χ2n) is 8.03. The monoisotopic (exact) mass is 410 g/mol. The summed E-state index contributed by atoms with van der Waals surface area (Å²) < 4.78 is 51.4. The number of aliphatic hydroxyl groups excluding tert-OH is 1. The normalized spacial score (nSPS) is 35.1. The molecule has 3 unspecified atom stereocenters. The second kappa shape index (κ2) is 9.08. The molecule has 1 aromatic rings. The van der Waals surface area contributed by atoms with Crippen molar-refractivity contribution >= 4 is 0 Å². The molecule has 2 aliphatic heterocycles. The Hall–Kier alpha value is -1.54. The predicted molar refractivity (Wildman–Crippen MR) is 102 cm³/mol. The van der Waals surface area contributed by atoms with Crippen molar-refractivity contribution in [1.29, 1.82) is 0 Å². The number of aliphatic hydroxyl groups is 1. The molecule has 0 aromatic heterocycles. The van der Waals surface area contributed by atoms with E-state index in [0.29, 0.717) is 25.2 Å². The number of ether oxygens (including phenoxy) is 4. The summed E-state index contributed by atoms with van der Waals surface area (Å²) in [5.41, 5.74) is 0. The van der Waals surface area contributed by atoms with Crippen LogP contribution in [0.5, 0.6) is 5.75 Å². The van der Waals surface area contributed by atoms with Crippen molar-refractivity contribution < 1.29 is 32.8 Å². The first-order valence-electron chi connectivity index (χ1n) is 10.4. The molecule has 2 saturated heterocycles. The number of hydrogen-bond donors (Lipinski definition) is 1. The smallest absolute Gasteiger partial charge is 0.299 e. The van der Waals surface area contributed by atoms with Crippen LogP contribution in [0.4, 0.5) is 8.78 Å². The minimum atomic E-state index is -3.11. The van der Waals surface area contributed by atoms with Gasteiger partial charge in [0.15, 0.2) is 19.2 Å². The van der Waals surface area contributed by atoms with Crippen molar-refractivity contribution in [2.24, 2.45) is 11.8 Å². The Morgan fingerprint density at radius 2 is 2.00 bits per heavy atom. The first kappa shape index (κ1) is 20.7. The highest BCUT2D eigenvalue weighted by Gasteiger charge is 2.49. The van der Waals surface area contributed by atoms with Crippen LogP contribution in [-0.4, -0.2) is 49.0 Å². The first-order valence-corrected chi connectivity index (χ1v) is 10.4. The number of rotatable bonds is 7. The van der Waals surface area contributed by atoms with E-state index < -0.39 is 18.8 Å². The van der Waals surface area contributed by atoms with Gasteiger partial charge in [-0.05, 0) is 43.4 Å². The van der Waals surface area contributed by atoms with Crippen molar-refractivity contribution in [2.75, 3.05) is 13.2 Å². The highest BCUT2D eigenvalue weighted by molar-refractivity contribution is 5.21. The molecule has 1 aromatic carbocycles. The Labute approximate surface area is 169 Å². The van der Waals surface area contributed by atoms with Gasteiger partial charge in [-0.25, -0.2) is 0 Å². The van der Waals surface area contributed by atoms with Crippen LogP contribution >= 0.6 is 0 Å². The van der Waals surface area contributed by atoms with Gasteiger partial charge in [-0.2, -0.15) is 8.78 Å². The van der Waals surface area contributed by atoms with E-state index in [4.69, 9.17) is 18.9 Å². The van der Waals surface area contributed by atoms with E-state index in [1.165, 1.54) is 6.08 Å². The molecule has 5 nitrogen and oxygen atoms in total. The predicted octanol–water partition coefficient (Wildman–Crippen LogP) is 3.91. The van der Waals surface area contributed by atoms with Crippen molar-refractivity contribution in [1.82, 2.24) is 0 Å². The molecule has 4 rings (SSSR count). The molecule has 0 bridgehead atoms. The number of para-hydroxylation sites is 1. The van der Waals surface area contributed by atoms with E-state index in [0.717, 1.165) is 25.3 Å². The van der Waals surface area contributed by atoms with Gasteiger partial charge in [0.1, 0.15) is 5.75 Å². The van der Waals surface area contributed by atoms with E-state index in [1.807, 2.05) is 0 Å². The van der Waals surface area contributed by atoms with Crippen molar-refractivity contribution in [3.8, 4) is 5.75 Å². The third kappa shape index (κ3) is 5.34. The van der Waals surface area contributed by atoms with Crippen LogP contribution in [0, 0.1) is 11.8 Å². The number of hydrogen-bond acceptors (Lipinski definition) is 5. The Morgan fingerprint density at radius 3 is 2.76 bits per heavy atom. The summed E-state index contributed by atoms with van der Waals surface area (Å²) in [4.78, 5) is 0. The van der Waals surface area contributed by atoms with Crippen molar-refractivity contribution in [3.05, 3.63) is 42.5 Å². The second-order valence-corrected chi connectivity index (χ2v) is 8.03. The maximum atomic E-state index is 14.4. The number of alkyl halides is 2. The number of benzene rings is 1. The topological polar surface area (TPSA) is 57.2 Å². The quantitative estimate of drug-likeness (QED) is 0.691.